The Morgan fingerprint density at radius 1 is 0.967 bits per heavy atom. The lowest BCUT2D eigenvalue weighted by Gasteiger charge is -2.07. The van der Waals surface area contributed by atoms with Gasteiger partial charge in [0.1, 0.15) is 17.4 Å². The van der Waals surface area contributed by atoms with Crippen molar-refractivity contribution in [1.82, 2.24) is 9.78 Å². The highest BCUT2D eigenvalue weighted by Crippen LogP contribution is 2.32. The zero-order valence-corrected chi connectivity index (χ0v) is 16.4. The van der Waals surface area contributed by atoms with Crippen molar-refractivity contribution in [2.75, 3.05) is 7.11 Å². The molecule has 0 aliphatic rings. The summed E-state index contributed by atoms with van der Waals surface area (Å²) in [7, 11) is 1.28. The Hall–Kier alpha value is -3.74. The van der Waals surface area contributed by atoms with Gasteiger partial charge in [-0.25, -0.2) is 13.6 Å². The van der Waals surface area contributed by atoms with Crippen molar-refractivity contribution in [2.24, 2.45) is 0 Å². The Kier molecular flexibility index (Phi) is 5.18. The minimum absolute atomic E-state index is 0.0958. The number of esters is 1. The number of furan rings is 1. The van der Waals surface area contributed by atoms with E-state index in [-0.39, 0.29) is 23.9 Å². The molecule has 0 bridgehead atoms. The normalized spacial score (nSPS) is 10.9. The summed E-state index contributed by atoms with van der Waals surface area (Å²) in [5, 5.41) is 4.70. The van der Waals surface area contributed by atoms with Gasteiger partial charge in [0.2, 0.25) is 5.76 Å². The maximum atomic E-state index is 13.5. The molecule has 2 aromatic carbocycles. The smallest absolute Gasteiger partial charge is 0.373 e. The second-order valence-electron chi connectivity index (χ2n) is 6.75. The van der Waals surface area contributed by atoms with Crippen LogP contribution in [0.15, 0.2) is 65.1 Å². The molecule has 0 unspecified atom stereocenters. The molecule has 0 amide bonds. The van der Waals surface area contributed by atoms with E-state index in [2.05, 4.69) is 4.74 Å². The van der Waals surface area contributed by atoms with E-state index in [0.717, 1.165) is 22.4 Å². The Morgan fingerprint density at radius 3 is 2.17 bits per heavy atom. The van der Waals surface area contributed by atoms with Crippen molar-refractivity contribution in [2.45, 2.75) is 13.5 Å². The standard InChI is InChI=1S/C23H18F2N2O3/c1-14-21(15-3-7-17(24)8-4-15)26-27(22(14)16-5-9-18(25)10-6-16)13-19-11-12-20(30-19)23(28)29-2/h3-12H,13H2,1-2H3. The molecule has 4 aromatic rings. The van der Waals surface area contributed by atoms with E-state index in [1.54, 1.807) is 35.0 Å². The van der Waals surface area contributed by atoms with Gasteiger partial charge in [-0.2, -0.15) is 5.10 Å². The first kappa shape index (κ1) is 19.6. The van der Waals surface area contributed by atoms with Gasteiger partial charge < -0.3 is 9.15 Å². The highest BCUT2D eigenvalue weighted by atomic mass is 19.1. The molecule has 0 atom stereocenters. The third kappa shape index (κ3) is 3.74. The van der Waals surface area contributed by atoms with Crippen LogP contribution in [-0.2, 0) is 11.3 Å². The second kappa shape index (κ2) is 7.94. The van der Waals surface area contributed by atoms with Crippen LogP contribution < -0.4 is 0 Å². The highest BCUT2D eigenvalue weighted by Gasteiger charge is 2.19. The van der Waals surface area contributed by atoms with Gasteiger partial charge in [-0.15, -0.1) is 0 Å². The lowest BCUT2D eigenvalue weighted by molar-refractivity contribution is 0.0563. The molecule has 0 spiro atoms. The van der Waals surface area contributed by atoms with Crippen LogP contribution >= 0.6 is 0 Å². The number of nitrogens with zero attached hydrogens (tertiary/aromatic N) is 2. The number of aromatic nitrogens is 2. The lowest BCUT2D eigenvalue weighted by atomic mass is 10.0. The second-order valence-corrected chi connectivity index (χ2v) is 6.75. The first-order valence-electron chi connectivity index (χ1n) is 9.22. The molecule has 5 nitrogen and oxygen atoms in total. The number of hydrogen-bond acceptors (Lipinski definition) is 4. The van der Waals surface area contributed by atoms with Crippen molar-refractivity contribution in [3.8, 4) is 22.5 Å². The van der Waals surface area contributed by atoms with Gasteiger partial charge in [-0.05, 0) is 67.6 Å². The molecule has 30 heavy (non-hydrogen) atoms. The molecule has 2 heterocycles. The molecular weight excluding hydrogens is 390 g/mol. The quantitative estimate of drug-likeness (QED) is 0.424. The molecule has 0 saturated heterocycles. The monoisotopic (exact) mass is 408 g/mol. The van der Waals surface area contributed by atoms with Crippen LogP contribution in [0.4, 0.5) is 8.78 Å². The van der Waals surface area contributed by atoms with E-state index in [1.165, 1.54) is 37.4 Å². The number of methoxy groups -OCH3 is 1. The molecule has 0 aliphatic heterocycles. The minimum atomic E-state index is -0.566. The van der Waals surface area contributed by atoms with Crippen LogP contribution in [0.1, 0.15) is 21.9 Å². The number of carbonyl (C=O) groups excluding carboxylic acids is 1. The van der Waals surface area contributed by atoms with E-state index >= 15 is 0 Å². The number of rotatable bonds is 5. The van der Waals surface area contributed by atoms with E-state index < -0.39 is 5.97 Å². The molecule has 0 N–H and O–H groups in total. The van der Waals surface area contributed by atoms with Crippen molar-refractivity contribution < 1.29 is 22.7 Å². The van der Waals surface area contributed by atoms with E-state index in [9.17, 15) is 13.6 Å². The summed E-state index contributed by atoms with van der Waals surface area (Å²) in [6.07, 6.45) is 0. The van der Waals surface area contributed by atoms with Gasteiger partial charge in [-0.1, -0.05) is 0 Å². The van der Waals surface area contributed by atoms with Crippen molar-refractivity contribution in [1.29, 1.82) is 0 Å². The predicted molar refractivity (Wildman–Crippen MR) is 107 cm³/mol. The molecular formula is C23H18F2N2O3. The molecule has 0 saturated carbocycles. The zero-order chi connectivity index (χ0) is 21.3. The Labute approximate surface area is 171 Å². The summed E-state index contributed by atoms with van der Waals surface area (Å²) in [6.45, 7) is 2.15. The average molecular weight is 408 g/mol. The van der Waals surface area contributed by atoms with Crippen molar-refractivity contribution >= 4 is 5.97 Å². The third-order valence-electron chi connectivity index (χ3n) is 4.78. The summed E-state index contributed by atoms with van der Waals surface area (Å²) < 4.78 is 38.8. The SMILES string of the molecule is COC(=O)c1ccc(Cn2nc(-c3ccc(F)cc3)c(C)c2-c2ccc(F)cc2)o1. The van der Waals surface area contributed by atoms with E-state index in [1.807, 2.05) is 6.92 Å². The van der Waals surface area contributed by atoms with Gasteiger partial charge in [-0.3, -0.25) is 4.68 Å². The van der Waals surface area contributed by atoms with E-state index in [4.69, 9.17) is 9.52 Å². The van der Waals surface area contributed by atoms with Gasteiger partial charge in [0.25, 0.3) is 0 Å². The number of carbonyl (C=O) groups is 1. The molecule has 4 rings (SSSR count). The minimum Gasteiger partial charge on any atom is -0.463 e. The molecule has 0 aliphatic carbocycles. The number of ether oxygens (including phenoxy) is 1. The van der Waals surface area contributed by atoms with Crippen LogP contribution in [0.2, 0.25) is 0 Å². The Morgan fingerprint density at radius 2 is 1.57 bits per heavy atom. The fraction of sp³-hybridized carbons (Fsp3) is 0.130. The molecule has 0 fully saturated rings. The van der Waals surface area contributed by atoms with Crippen LogP contribution in [-0.4, -0.2) is 22.9 Å². The zero-order valence-electron chi connectivity index (χ0n) is 16.4. The third-order valence-corrected chi connectivity index (χ3v) is 4.78. The van der Waals surface area contributed by atoms with E-state index in [0.29, 0.717) is 11.5 Å². The first-order valence-corrected chi connectivity index (χ1v) is 9.22. The van der Waals surface area contributed by atoms with Gasteiger partial charge >= 0.3 is 5.97 Å². The van der Waals surface area contributed by atoms with Gasteiger partial charge in [0.15, 0.2) is 0 Å². The van der Waals surface area contributed by atoms with Gasteiger partial charge in [0, 0.05) is 16.7 Å². The van der Waals surface area contributed by atoms with Crippen molar-refractivity contribution in [3.05, 3.63) is 89.4 Å². The first-order chi connectivity index (χ1) is 14.5. The maximum Gasteiger partial charge on any atom is 0.373 e. The molecule has 0 radical (unpaired) electrons. The van der Waals surface area contributed by atoms with Crippen LogP contribution in [0, 0.1) is 18.6 Å². The summed E-state index contributed by atoms with van der Waals surface area (Å²) in [5.74, 6) is -0.635. The molecule has 152 valence electrons. The fourth-order valence-electron chi connectivity index (χ4n) is 3.34. The van der Waals surface area contributed by atoms with Crippen molar-refractivity contribution in [3.63, 3.8) is 0 Å². The van der Waals surface area contributed by atoms with Crippen LogP contribution in [0.25, 0.3) is 22.5 Å². The lowest BCUT2D eigenvalue weighted by Crippen LogP contribution is -2.04. The maximum absolute atomic E-state index is 13.5. The number of halogens is 2. The Bertz CT molecular complexity index is 1190. The topological polar surface area (TPSA) is 57.3 Å². The Balaban J connectivity index is 1.80. The average Bonchev–Trinajstić information content (AvgIpc) is 3.34. The summed E-state index contributed by atoms with van der Waals surface area (Å²) in [4.78, 5) is 11.7. The van der Waals surface area contributed by atoms with Crippen LogP contribution in [0.5, 0.6) is 0 Å². The van der Waals surface area contributed by atoms with Crippen LogP contribution in [0.3, 0.4) is 0 Å². The summed E-state index contributed by atoms with van der Waals surface area (Å²) in [6, 6.07) is 15.4. The number of hydrogen-bond donors (Lipinski definition) is 0. The summed E-state index contributed by atoms with van der Waals surface area (Å²) in [5.41, 5.74) is 3.83. The highest BCUT2D eigenvalue weighted by molar-refractivity contribution is 5.86. The largest absolute Gasteiger partial charge is 0.463 e. The van der Waals surface area contributed by atoms with Gasteiger partial charge in [0.05, 0.1) is 25.0 Å². The summed E-state index contributed by atoms with van der Waals surface area (Å²) >= 11 is 0. The molecule has 7 heteroatoms. The fourth-order valence-corrected chi connectivity index (χ4v) is 3.34. The number of benzene rings is 2. The predicted octanol–water partition coefficient (Wildman–Crippen LogP) is 5.23. The molecule has 2 aromatic heterocycles.